The number of aryl methyl sites for hydroxylation is 1. The van der Waals surface area contributed by atoms with Crippen molar-refractivity contribution in [3.63, 3.8) is 0 Å². The molecule has 0 spiro atoms. The van der Waals surface area contributed by atoms with Crippen LogP contribution >= 0.6 is 11.3 Å². The lowest BCUT2D eigenvalue weighted by atomic mass is 10.2. The highest BCUT2D eigenvalue weighted by atomic mass is 32.1. The van der Waals surface area contributed by atoms with Crippen LogP contribution in [0.3, 0.4) is 0 Å². The zero-order valence-corrected chi connectivity index (χ0v) is 17.1. The first-order chi connectivity index (χ1) is 14.1. The number of carbonyl (C=O) groups excluding carboxylic acids is 1. The first-order valence-electron chi connectivity index (χ1n) is 9.04. The highest BCUT2D eigenvalue weighted by Gasteiger charge is 2.17. The SMILES string of the molecule is CCn1c(=NC(=O)/C=C\c2ccc(OC)c(OC)c2)sc2cc3c(cc21)OCO3. The number of methoxy groups -OCH3 is 2. The van der Waals surface area contributed by atoms with Crippen LogP contribution in [0.1, 0.15) is 12.5 Å². The van der Waals surface area contributed by atoms with Crippen LogP contribution in [0, 0.1) is 0 Å². The van der Waals surface area contributed by atoms with Gasteiger partial charge in [0.25, 0.3) is 5.91 Å². The quantitative estimate of drug-likeness (QED) is 0.599. The Labute approximate surface area is 171 Å². The van der Waals surface area contributed by atoms with Gasteiger partial charge in [-0.2, -0.15) is 4.99 Å². The summed E-state index contributed by atoms with van der Waals surface area (Å²) in [7, 11) is 3.15. The molecule has 1 aliphatic heterocycles. The number of carbonyl (C=O) groups is 1. The highest BCUT2D eigenvalue weighted by molar-refractivity contribution is 7.16. The molecule has 0 bridgehead atoms. The zero-order chi connectivity index (χ0) is 20.4. The zero-order valence-electron chi connectivity index (χ0n) is 16.3. The third-order valence-electron chi connectivity index (χ3n) is 4.53. The van der Waals surface area contributed by atoms with Gasteiger partial charge in [-0.25, -0.2) is 0 Å². The molecule has 0 unspecified atom stereocenters. The first-order valence-corrected chi connectivity index (χ1v) is 9.86. The van der Waals surface area contributed by atoms with Gasteiger partial charge in [0, 0.05) is 24.8 Å². The Balaban J connectivity index is 1.64. The Hall–Kier alpha value is -3.26. The second-order valence-electron chi connectivity index (χ2n) is 6.20. The molecular formula is C21H20N2O5S. The maximum Gasteiger partial charge on any atom is 0.272 e. The minimum absolute atomic E-state index is 0.232. The summed E-state index contributed by atoms with van der Waals surface area (Å²) >= 11 is 1.44. The molecule has 4 rings (SSSR count). The Morgan fingerprint density at radius 1 is 1.17 bits per heavy atom. The van der Waals surface area contributed by atoms with Gasteiger partial charge in [0.15, 0.2) is 27.8 Å². The molecular weight excluding hydrogens is 392 g/mol. The Morgan fingerprint density at radius 2 is 1.93 bits per heavy atom. The van der Waals surface area contributed by atoms with Gasteiger partial charge in [0.05, 0.1) is 24.4 Å². The second kappa shape index (κ2) is 8.00. The number of ether oxygens (including phenoxy) is 4. The number of thiazole rings is 1. The van der Waals surface area contributed by atoms with Gasteiger partial charge in [-0.05, 0) is 30.7 Å². The number of rotatable bonds is 5. The molecule has 0 N–H and O–H groups in total. The topological polar surface area (TPSA) is 71.3 Å². The first kappa shape index (κ1) is 19.1. The standard InChI is InChI=1S/C21H20N2O5S/c1-4-23-14-10-17-18(28-12-27-17)11-19(14)29-21(23)22-20(24)8-6-13-5-7-15(25-2)16(9-13)26-3/h5-11H,4,12H2,1-3H3/b8-6-,22-21?. The van der Waals surface area contributed by atoms with Crippen LogP contribution < -0.4 is 23.7 Å². The van der Waals surface area contributed by atoms with Crippen molar-refractivity contribution in [3.8, 4) is 23.0 Å². The third-order valence-corrected chi connectivity index (χ3v) is 5.57. The number of benzene rings is 2. The van der Waals surface area contributed by atoms with Gasteiger partial charge in [-0.15, -0.1) is 0 Å². The molecule has 7 nitrogen and oxygen atoms in total. The summed E-state index contributed by atoms with van der Waals surface area (Å²) in [4.78, 5) is 17.4. The van der Waals surface area contributed by atoms with Crippen LogP contribution in [0.15, 0.2) is 41.4 Å². The molecule has 2 aromatic carbocycles. The summed E-state index contributed by atoms with van der Waals surface area (Å²) in [5, 5.41) is 0. The van der Waals surface area contributed by atoms with E-state index in [0.29, 0.717) is 34.3 Å². The van der Waals surface area contributed by atoms with E-state index in [1.807, 2.05) is 29.7 Å². The summed E-state index contributed by atoms with van der Waals surface area (Å²) < 4.78 is 24.4. The van der Waals surface area contributed by atoms with Crippen molar-refractivity contribution < 1.29 is 23.7 Å². The Morgan fingerprint density at radius 3 is 2.66 bits per heavy atom. The average Bonchev–Trinajstić information content (AvgIpc) is 3.32. The van der Waals surface area contributed by atoms with Gasteiger partial charge < -0.3 is 23.5 Å². The second-order valence-corrected chi connectivity index (χ2v) is 7.21. The largest absolute Gasteiger partial charge is 0.493 e. The van der Waals surface area contributed by atoms with Crippen LogP contribution in [0.2, 0.25) is 0 Å². The van der Waals surface area contributed by atoms with Gasteiger partial charge >= 0.3 is 0 Å². The average molecular weight is 412 g/mol. The number of hydrogen-bond acceptors (Lipinski definition) is 6. The van der Waals surface area contributed by atoms with E-state index < -0.39 is 0 Å². The molecule has 29 heavy (non-hydrogen) atoms. The Kier molecular flexibility index (Phi) is 5.26. The van der Waals surface area contributed by atoms with Crippen LogP contribution in [0.25, 0.3) is 16.3 Å². The number of amides is 1. The number of aromatic nitrogens is 1. The number of nitrogens with zero attached hydrogens (tertiary/aromatic N) is 2. The van der Waals surface area contributed by atoms with E-state index in [4.69, 9.17) is 18.9 Å². The highest BCUT2D eigenvalue weighted by Crippen LogP contribution is 2.37. The third kappa shape index (κ3) is 3.71. The predicted octanol–water partition coefficient (Wildman–Crippen LogP) is 3.61. The Bertz CT molecular complexity index is 1180. The van der Waals surface area contributed by atoms with E-state index in [1.165, 1.54) is 17.4 Å². The van der Waals surface area contributed by atoms with Crippen molar-refractivity contribution in [2.24, 2.45) is 4.99 Å². The van der Waals surface area contributed by atoms with Gasteiger partial charge in [-0.1, -0.05) is 17.4 Å². The molecule has 0 saturated heterocycles. The van der Waals surface area contributed by atoms with Crippen LogP contribution in [-0.2, 0) is 11.3 Å². The molecule has 1 aliphatic rings. The van der Waals surface area contributed by atoms with Gasteiger partial charge in [0.2, 0.25) is 6.79 Å². The lowest BCUT2D eigenvalue weighted by Crippen LogP contribution is -2.15. The van der Waals surface area contributed by atoms with Crippen molar-refractivity contribution in [1.82, 2.24) is 4.57 Å². The van der Waals surface area contributed by atoms with E-state index in [1.54, 1.807) is 32.4 Å². The molecule has 0 radical (unpaired) electrons. The summed E-state index contributed by atoms with van der Waals surface area (Å²) in [6.45, 7) is 2.93. The molecule has 3 aromatic rings. The molecule has 0 fully saturated rings. The molecule has 2 heterocycles. The van der Waals surface area contributed by atoms with Crippen molar-refractivity contribution in [3.05, 3.63) is 46.8 Å². The molecule has 0 aliphatic carbocycles. The lowest BCUT2D eigenvalue weighted by molar-refractivity contribution is -0.113. The van der Waals surface area contributed by atoms with Gasteiger partial charge in [0.1, 0.15) is 0 Å². The molecule has 150 valence electrons. The minimum Gasteiger partial charge on any atom is -0.493 e. The van der Waals surface area contributed by atoms with Gasteiger partial charge in [-0.3, -0.25) is 4.79 Å². The van der Waals surface area contributed by atoms with Crippen molar-refractivity contribution in [2.75, 3.05) is 21.0 Å². The smallest absolute Gasteiger partial charge is 0.272 e. The van der Waals surface area contributed by atoms with Crippen molar-refractivity contribution in [2.45, 2.75) is 13.5 Å². The molecule has 0 atom stereocenters. The maximum absolute atomic E-state index is 12.4. The molecule has 1 amide bonds. The summed E-state index contributed by atoms with van der Waals surface area (Å²) in [6.07, 6.45) is 3.14. The summed E-state index contributed by atoms with van der Waals surface area (Å²) in [5.41, 5.74) is 1.79. The van der Waals surface area contributed by atoms with E-state index in [-0.39, 0.29) is 12.7 Å². The summed E-state index contributed by atoms with van der Waals surface area (Å²) in [6, 6.07) is 9.30. The van der Waals surface area contributed by atoms with Crippen molar-refractivity contribution in [1.29, 1.82) is 0 Å². The monoisotopic (exact) mass is 412 g/mol. The van der Waals surface area contributed by atoms with Crippen LogP contribution in [-0.4, -0.2) is 31.5 Å². The number of fused-ring (bicyclic) bond motifs is 2. The molecule has 8 heteroatoms. The van der Waals surface area contributed by atoms with E-state index >= 15 is 0 Å². The van der Waals surface area contributed by atoms with Crippen molar-refractivity contribution >= 4 is 33.5 Å². The normalized spacial score (nSPS) is 13.4. The molecule has 1 aromatic heterocycles. The lowest BCUT2D eigenvalue weighted by Gasteiger charge is -2.07. The maximum atomic E-state index is 12.4. The summed E-state index contributed by atoms with van der Waals surface area (Å²) in [5.74, 6) is 2.32. The number of hydrogen-bond donors (Lipinski definition) is 0. The van der Waals surface area contributed by atoms with E-state index in [9.17, 15) is 4.79 Å². The van der Waals surface area contributed by atoms with Crippen LogP contribution in [0.5, 0.6) is 23.0 Å². The fourth-order valence-electron chi connectivity index (χ4n) is 3.11. The van der Waals surface area contributed by atoms with E-state index in [0.717, 1.165) is 15.8 Å². The predicted molar refractivity (Wildman–Crippen MR) is 111 cm³/mol. The molecule has 0 saturated carbocycles. The van der Waals surface area contributed by atoms with Crippen LogP contribution in [0.4, 0.5) is 0 Å². The minimum atomic E-state index is -0.339. The van der Waals surface area contributed by atoms with E-state index in [2.05, 4.69) is 4.99 Å². The fraction of sp³-hybridized carbons (Fsp3) is 0.238. The fourth-order valence-corrected chi connectivity index (χ4v) is 4.22.